The van der Waals surface area contributed by atoms with Crippen LogP contribution in [0.15, 0.2) is 315 Å². The van der Waals surface area contributed by atoms with E-state index in [4.69, 9.17) is 0 Å². The van der Waals surface area contributed by atoms with Crippen LogP contribution in [0.25, 0.3) is 60.9 Å². The molecule has 374 valence electrons. The molecule has 0 radical (unpaired) electrons. The summed E-state index contributed by atoms with van der Waals surface area (Å²) >= 11 is 0. The van der Waals surface area contributed by atoms with E-state index in [-0.39, 0.29) is 0 Å². The zero-order valence-electron chi connectivity index (χ0n) is 44.4. The Balaban J connectivity index is 0.941. The van der Waals surface area contributed by atoms with Gasteiger partial charge in [-0.25, -0.2) is 0 Å². The molecule has 1 nitrogen and oxygen atoms in total. The Morgan fingerprint density at radius 1 is 0.316 bits per heavy atom. The molecule has 0 N–H and O–H groups in total. The summed E-state index contributed by atoms with van der Waals surface area (Å²) in [5.74, 6) is 0. The van der Waals surface area contributed by atoms with E-state index in [2.05, 4.69) is 328 Å². The van der Waals surface area contributed by atoms with Gasteiger partial charge in [-0.3, -0.25) is 0 Å². The van der Waals surface area contributed by atoms with E-state index in [1.807, 2.05) is 0 Å². The quantitative estimate of drug-likeness (QED) is 0.125. The zero-order valence-corrected chi connectivity index (χ0v) is 44.4. The highest BCUT2D eigenvalue weighted by atomic mass is 15.1. The van der Waals surface area contributed by atoms with Crippen LogP contribution in [0.3, 0.4) is 0 Å². The summed E-state index contributed by atoms with van der Waals surface area (Å²) in [5.41, 5.74) is 24.7. The lowest BCUT2D eigenvalue weighted by atomic mass is 9.67. The van der Waals surface area contributed by atoms with Crippen LogP contribution in [0.2, 0.25) is 0 Å². The van der Waals surface area contributed by atoms with Gasteiger partial charge < -0.3 is 4.90 Å². The maximum Gasteiger partial charge on any atom is 0.0713 e. The maximum absolute atomic E-state index is 2.49. The normalized spacial score (nSPS) is 13.8. The Kier molecular flexibility index (Phi) is 11.8. The van der Waals surface area contributed by atoms with Crippen molar-refractivity contribution in [2.24, 2.45) is 0 Å². The third kappa shape index (κ3) is 7.60. The number of hydrogen-bond acceptors (Lipinski definition) is 1. The Morgan fingerprint density at radius 2 is 0.759 bits per heavy atom. The van der Waals surface area contributed by atoms with Crippen molar-refractivity contribution in [1.82, 2.24) is 0 Å². The number of anilines is 3. The lowest BCUT2D eigenvalue weighted by Gasteiger charge is -2.35. The summed E-state index contributed by atoms with van der Waals surface area (Å²) in [4.78, 5) is 2.49. The van der Waals surface area contributed by atoms with Crippen molar-refractivity contribution in [3.63, 3.8) is 0 Å². The molecule has 14 rings (SSSR count). The van der Waals surface area contributed by atoms with Crippen molar-refractivity contribution in [3.05, 3.63) is 359 Å². The van der Waals surface area contributed by atoms with E-state index in [0.717, 1.165) is 22.6 Å². The first-order chi connectivity index (χ1) is 39.1. The number of nitrogens with zero attached hydrogens (tertiary/aromatic N) is 1. The first-order valence-corrected chi connectivity index (χ1v) is 27.6. The van der Waals surface area contributed by atoms with Gasteiger partial charge in [-0.05, 0) is 162 Å². The molecule has 2 aliphatic carbocycles. The smallest absolute Gasteiger partial charge is 0.0713 e. The van der Waals surface area contributed by atoms with Crippen molar-refractivity contribution in [2.75, 3.05) is 4.90 Å². The van der Waals surface area contributed by atoms with Gasteiger partial charge in [-0.2, -0.15) is 0 Å². The van der Waals surface area contributed by atoms with Gasteiger partial charge in [-0.15, -0.1) is 0 Å². The van der Waals surface area contributed by atoms with Crippen LogP contribution in [-0.4, -0.2) is 0 Å². The van der Waals surface area contributed by atoms with E-state index in [9.17, 15) is 0 Å². The molecule has 0 spiro atoms. The number of fused-ring (bicyclic) bond motifs is 5. The van der Waals surface area contributed by atoms with Gasteiger partial charge >= 0.3 is 0 Å². The van der Waals surface area contributed by atoms with Crippen LogP contribution < -0.4 is 4.90 Å². The number of hydrogen-bond donors (Lipinski definition) is 0. The monoisotopic (exact) mass is 1010 g/mol. The topological polar surface area (TPSA) is 3.24 Å². The predicted octanol–water partition coefficient (Wildman–Crippen LogP) is 20.4. The lowest BCUT2D eigenvalue weighted by Crippen LogP contribution is -2.29. The molecule has 0 bridgehead atoms. The Bertz CT molecular complexity index is 4200. The molecule has 0 atom stereocenters. The van der Waals surface area contributed by atoms with Crippen molar-refractivity contribution < 1.29 is 0 Å². The fourth-order valence-electron chi connectivity index (χ4n) is 13.6. The SMILES string of the molecule is C/C=C\C1=C(C)C(c2ccccc2)(c2ccccc2)c2cccc(N(c3ccc(-c4cccc(-c5ccc6ccccc6c5)c4)cc3)c3ccc(-c4cccc5c4-c4ccccc4C5(c4ccccc4)c4ccccc4)cc3)c21. The molecule has 1 heteroatoms. The third-order valence-electron chi connectivity index (χ3n) is 17.0. The second kappa shape index (κ2) is 19.6. The highest BCUT2D eigenvalue weighted by molar-refractivity contribution is 5.99. The lowest BCUT2D eigenvalue weighted by molar-refractivity contribution is 0.743. The van der Waals surface area contributed by atoms with Gasteiger partial charge in [0.25, 0.3) is 0 Å². The van der Waals surface area contributed by atoms with E-state index in [0.29, 0.717) is 0 Å². The molecule has 0 aromatic heterocycles. The number of allylic oxidation sites excluding steroid dienone is 4. The minimum absolute atomic E-state index is 0.482. The van der Waals surface area contributed by atoms with Gasteiger partial charge in [0.2, 0.25) is 0 Å². The molecule has 79 heavy (non-hydrogen) atoms. The molecule has 0 fully saturated rings. The van der Waals surface area contributed by atoms with Gasteiger partial charge in [-0.1, -0.05) is 267 Å². The summed E-state index contributed by atoms with van der Waals surface area (Å²) < 4.78 is 0. The van der Waals surface area contributed by atoms with E-state index >= 15 is 0 Å². The van der Waals surface area contributed by atoms with Crippen LogP contribution in [-0.2, 0) is 10.8 Å². The largest absolute Gasteiger partial charge is 0.310 e. The van der Waals surface area contributed by atoms with Crippen LogP contribution in [0.1, 0.15) is 58.4 Å². The molecular weight excluding hydrogens is 951 g/mol. The second-order valence-electron chi connectivity index (χ2n) is 21.0. The van der Waals surface area contributed by atoms with Crippen molar-refractivity contribution in [2.45, 2.75) is 24.7 Å². The highest BCUT2D eigenvalue weighted by Gasteiger charge is 2.48. The number of benzene rings is 12. The second-order valence-corrected chi connectivity index (χ2v) is 21.0. The molecule has 0 saturated carbocycles. The van der Waals surface area contributed by atoms with Crippen molar-refractivity contribution in [1.29, 1.82) is 0 Å². The average molecular weight is 1010 g/mol. The molecule has 12 aromatic carbocycles. The predicted molar refractivity (Wildman–Crippen MR) is 332 cm³/mol. The van der Waals surface area contributed by atoms with Gasteiger partial charge in [0.05, 0.1) is 16.5 Å². The van der Waals surface area contributed by atoms with Crippen molar-refractivity contribution >= 4 is 33.4 Å². The van der Waals surface area contributed by atoms with Crippen molar-refractivity contribution in [3.8, 4) is 44.5 Å². The first kappa shape index (κ1) is 47.6. The molecule has 12 aromatic rings. The van der Waals surface area contributed by atoms with Gasteiger partial charge in [0.1, 0.15) is 0 Å². The van der Waals surface area contributed by atoms with Gasteiger partial charge in [0, 0.05) is 16.9 Å². The molecule has 0 heterocycles. The van der Waals surface area contributed by atoms with Crippen LogP contribution in [0.4, 0.5) is 17.1 Å². The van der Waals surface area contributed by atoms with Crippen LogP contribution >= 0.6 is 0 Å². The van der Waals surface area contributed by atoms with Crippen LogP contribution in [0.5, 0.6) is 0 Å². The maximum atomic E-state index is 2.49. The summed E-state index contributed by atoms with van der Waals surface area (Å²) in [6.07, 6.45) is 4.53. The summed E-state index contributed by atoms with van der Waals surface area (Å²) in [6.45, 7) is 4.49. The fourth-order valence-corrected chi connectivity index (χ4v) is 13.6. The Morgan fingerprint density at radius 3 is 1.37 bits per heavy atom. The third-order valence-corrected chi connectivity index (χ3v) is 17.0. The average Bonchev–Trinajstić information content (AvgIpc) is 3.97. The zero-order chi connectivity index (χ0) is 52.9. The summed E-state index contributed by atoms with van der Waals surface area (Å²) in [7, 11) is 0. The molecule has 0 unspecified atom stereocenters. The van der Waals surface area contributed by atoms with Gasteiger partial charge in [0.15, 0.2) is 0 Å². The van der Waals surface area contributed by atoms with E-state index in [1.165, 1.54) is 105 Å². The highest BCUT2D eigenvalue weighted by Crippen LogP contribution is 2.60. The minimum atomic E-state index is -0.517. The van der Waals surface area contributed by atoms with E-state index in [1.54, 1.807) is 0 Å². The standard InChI is InChI=1S/C78H57N/c1-3-23-68-54(2)77(62-28-8-4-9-29-62,63-30-10-5-11-31-63)73-40-22-41-74(76(68)73)79(66-48-44-56(45-49-66)59-26-20-27-60(52-59)61-43-42-55-24-16-17-25-58(55)53-61)67-50-46-57(47-51-67)69-37-21-39-72-75(69)70-36-18-19-38-71(70)78(72,64-32-12-6-13-33-64)65-34-14-7-15-35-65/h3-53H,1-2H3/b23-3-. The van der Waals surface area contributed by atoms with E-state index < -0.39 is 10.8 Å². The Hall–Kier alpha value is -9.82. The molecule has 0 amide bonds. The molecule has 0 saturated heterocycles. The summed E-state index contributed by atoms with van der Waals surface area (Å²) in [6, 6.07) is 110. The minimum Gasteiger partial charge on any atom is -0.310 e. The fraction of sp³-hybridized carbons (Fsp3) is 0.0513. The number of rotatable bonds is 11. The summed E-state index contributed by atoms with van der Waals surface area (Å²) in [5, 5.41) is 2.49. The molecular formula is C78H57N. The molecule has 2 aliphatic rings. The molecule has 0 aliphatic heterocycles. The first-order valence-electron chi connectivity index (χ1n) is 27.6. The van der Waals surface area contributed by atoms with Crippen LogP contribution in [0, 0.1) is 0 Å². The Labute approximate surface area is 464 Å².